The molecule has 3 nitrogen and oxygen atoms in total. The Balaban J connectivity index is 2.39. The first kappa shape index (κ1) is 15.9. The van der Waals surface area contributed by atoms with E-state index in [9.17, 15) is 0 Å². The molecule has 2 aromatic rings. The third-order valence-corrected chi connectivity index (χ3v) is 4.27. The summed E-state index contributed by atoms with van der Waals surface area (Å²) in [6.45, 7) is 2.14. The van der Waals surface area contributed by atoms with Gasteiger partial charge in [-0.25, -0.2) is 0 Å². The van der Waals surface area contributed by atoms with Crippen molar-refractivity contribution in [2.45, 2.75) is 19.4 Å². The third-order valence-electron chi connectivity index (χ3n) is 3.59. The quantitative estimate of drug-likeness (QED) is 0.884. The van der Waals surface area contributed by atoms with Gasteiger partial charge in [0, 0.05) is 4.47 Å². The average Bonchev–Trinajstić information content (AvgIpc) is 2.54. The molecule has 0 aliphatic rings. The van der Waals surface area contributed by atoms with Gasteiger partial charge in [-0.1, -0.05) is 47.1 Å². The second kappa shape index (κ2) is 6.96. The first-order valence-corrected chi connectivity index (χ1v) is 7.65. The van der Waals surface area contributed by atoms with E-state index < -0.39 is 0 Å². The number of benzene rings is 2. The zero-order chi connectivity index (χ0) is 15.4. The molecule has 0 heterocycles. The van der Waals surface area contributed by atoms with Crippen LogP contribution in [0.1, 0.15) is 29.7 Å². The Hall–Kier alpha value is -1.52. The number of aryl methyl sites for hydroxylation is 1. The molecule has 0 radical (unpaired) electrons. The Morgan fingerprint density at radius 3 is 2.14 bits per heavy atom. The van der Waals surface area contributed by atoms with Crippen molar-refractivity contribution >= 4 is 15.9 Å². The van der Waals surface area contributed by atoms with Gasteiger partial charge in [-0.2, -0.15) is 0 Å². The minimum atomic E-state index is -0.218. The maximum absolute atomic E-state index is 6.40. The van der Waals surface area contributed by atoms with Gasteiger partial charge in [-0.05, 0) is 35.2 Å². The molecule has 4 heteroatoms. The molecule has 0 fully saturated rings. The number of hydrogen-bond donors (Lipinski definition) is 1. The number of methoxy groups -OCH3 is 2. The van der Waals surface area contributed by atoms with E-state index in [1.807, 2.05) is 12.1 Å². The molecule has 0 spiro atoms. The van der Waals surface area contributed by atoms with Crippen LogP contribution in [0.15, 0.2) is 40.9 Å². The van der Waals surface area contributed by atoms with E-state index in [-0.39, 0.29) is 6.04 Å². The van der Waals surface area contributed by atoms with E-state index in [4.69, 9.17) is 15.2 Å². The Morgan fingerprint density at radius 2 is 1.62 bits per heavy atom. The highest BCUT2D eigenvalue weighted by atomic mass is 79.9. The molecule has 112 valence electrons. The lowest BCUT2D eigenvalue weighted by atomic mass is 9.98. The van der Waals surface area contributed by atoms with Crippen LogP contribution in [0.3, 0.4) is 0 Å². The minimum absolute atomic E-state index is 0.218. The largest absolute Gasteiger partial charge is 0.493 e. The molecular formula is C17H20BrNO2. The van der Waals surface area contributed by atoms with Gasteiger partial charge in [0.2, 0.25) is 0 Å². The topological polar surface area (TPSA) is 44.5 Å². The van der Waals surface area contributed by atoms with Crippen LogP contribution in [0.25, 0.3) is 0 Å². The van der Waals surface area contributed by atoms with E-state index in [1.54, 1.807) is 14.2 Å². The number of halogens is 1. The van der Waals surface area contributed by atoms with Crippen LogP contribution in [-0.4, -0.2) is 14.2 Å². The van der Waals surface area contributed by atoms with Gasteiger partial charge >= 0.3 is 0 Å². The van der Waals surface area contributed by atoms with Crippen LogP contribution in [0.2, 0.25) is 0 Å². The lowest BCUT2D eigenvalue weighted by molar-refractivity contribution is 0.354. The van der Waals surface area contributed by atoms with Crippen molar-refractivity contribution in [1.29, 1.82) is 0 Å². The summed E-state index contributed by atoms with van der Waals surface area (Å²) in [5.74, 6) is 1.36. The van der Waals surface area contributed by atoms with Gasteiger partial charge < -0.3 is 15.2 Å². The highest BCUT2D eigenvalue weighted by Crippen LogP contribution is 2.37. The second-order valence-corrected chi connectivity index (χ2v) is 5.66. The Labute approximate surface area is 134 Å². The van der Waals surface area contributed by atoms with Crippen molar-refractivity contribution in [3.05, 3.63) is 57.6 Å². The smallest absolute Gasteiger partial charge is 0.161 e. The number of rotatable bonds is 5. The molecule has 1 atom stereocenters. The maximum Gasteiger partial charge on any atom is 0.161 e. The van der Waals surface area contributed by atoms with E-state index >= 15 is 0 Å². The molecule has 0 saturated heterocycles. The van der Waals surface area contributed by atoms with Crippen LogP contribution in [-0.2, 0) is 6.42 Å². The third kappa shape index (κ3) is 3.39. The zero-order valence-corrected chi connectivity index (χ0v) is 14.1. The van der Waals surface area contributed by atoms with E-state index in [0.717, 1.165) is 22.0 Å². The maximum atomic E-state index is 6.40. The molecule has 1 unspecified atom stereocenters. The summed E-state index contributed by atoms with van der Waals surface area (Å²) in [5, 5.41) is 0. The van der Waals surface area contributed by atoms with Crippen LogP contribution in [0.5, 0.6) is 11.5 Å². The van der Waals surface area contributed by atoms with Crippen molar-refractivity contribution < 1.29 is 9.47 Å². The molecule has 2 aromatic carbocycles. The van der Waals surface area contributed by atoms with Gasteiger partial charge in [-0.15, -0.1) is 0 Å². The Bertz CT molecular complexity index is 611. The first-order chi connectivity index (χ1) is 10.1. The number of nitrogens with two attached hydrogens (primary N) is 1. The van der Waals surface area contributed by atoms with Crippen LogP contribution < -0.4 is 15.2 Å². The molecule has 0 aliphatic heterocycles. The van der Waals surface area contributed by atoms with Crippen molar-refractivity contribution in [2.24, 2.45) is 5.73 Å². The second-order valence-electron chi connectivity index (χ2n) is 4.80. The fraction of sp³-hybridized carbons (Fsp3) is 0.294. The monoisotopic (exact) mass is 349 g/mol. The number of hydrogen-bond acceptors (Lipinski definition) is 3. The molecule has 2 rings (SSSR count). The van der Waals surface area contributed by atoms with Crippen molar-refractivity contribution in [2.75, 3.05) is 14.2 Å². The van der Waals surface area contributed by atoms with Crippen molar-refractivity contribution in [3.8, 4) is 11.5 Å². The molecule has 0 saturated carbocycles. The average molecular weight is 350 g/mol. The van der Waals surface area contributed by atoms with Crippen molar-refractivity contribution in [1.82, 2.24) is 0 Å². The summed E-state index contributed by atoms with van der Waals surface area (Å²) in [6.07, 6.45) is 1.02. The fourth-order valence-electron chi connectivity index (χ4n) is 2.25. The van der Waals surface area contributed by atoms with E-state index in [0.29, 0.717) is 11.5 Å². The molecule has 0 amide bonds. The predicted octanol–water partition coefficient (Wildman–Crippen LogP) is 4.08. The SMILES string of the molecule is CCc1ccc(C(N)c2cc(OC)c(OC)cc2Br)cc1. The molecule has 2 N–H and O–H groups in total. The molecule has 0 aliphatic carbocycles. The Kier molecular flexibility index (Phi) is 5.26. The predicted molar refractivity (Wildman–Crippen MR) is 89.1 cm³/mol. The number of ether oxygens (including phenoxy) is 2. The highest BCUT2D eigenvalue weighted by molar-refractivity contribution is 9.10. The zero-order valence-electron chi connectivity index (χ0n) is 12.5. The minimum Gasteiger partial charge on any atom is -0.493 e. The van der Waals surface area contributed by atoms with Crippen molar-refractivity contribution in [3.63, 3.8) is 0 Å². The fourth-order valence-corrected chi connectivity index (χ4v) is 2.82. The molecule has 0 aromatic heterocycles. The van der Waals surface area contributed by atoms with Gasteiger partial charge in [0.15, 0.2) is 11.5 Å². The summed E-state index contributed by atoms with van der Waals surface area (Å²) < 4.78 is 11.6. The molecule has 21 heavy (non-hydrogen) atoms. The normalized spacial score (nSPS) is 12.0. The van der Waals surface area contributed by atoms with Gasteiger partial charge in [0.1, 0.15) is 0 Å². The van der Waals surface area contributed by atoms with Gasteiger partial charge in [-0.3, -0.25) is 0 Å². The standard InChI is InChI=1S/C17H20BrNO2/c1-4-11-5-7-12(8-6-11)17(19)13-9-15(20-2)16(21-3)10-14(13)18/h5-10,17H,4,19H2,1-3H3. The summed E-state index contributed by atoms with van der Waals surface area (Å²) in [7, 11) is 3.24. The molecule has 0 bridgehead atoms. The summed E-state index contributed by atoms with van der Waals surface area (Å²) >= 11 is 3.56. The summed E-state index contributed by atoms with van der Waals surface area (Å²) in [4.78, 5) is 0. The van der Waals surface area contributed by atoms with E-state index in [2.05, 4.69) is 47.1 Å². The van der Waals surface area contributed by atoms with Gasteiger partial charge in [0.25, 0.3) is 0 Å². The highest BCUT2D eigenvalue weighted by Gasteiger charge is 2.16. The molecular weight excluding hydrogens is 330 g/mol. The summed E-state index contributed by atoms with van der Waals surface area (Å²) in [6, 6.07) is 12.0. The van der Waals surface area contributed by atoms with Crippen LogP contribution in [0, 0.1) is 0 Å². The lowest BCUT2D eigenvalue weighted by Crippen LogP contribution is -2.13. The van der Waals surface area contributed by atoms with E-state index in [1.165, 1.54) is 5.56 Å². The Morgan fingerprint density at radius 1 is 1.05 bits per heavy atom. The summed E-state index contributed by atoms with van der Waals surface area (Å²) in [5.41, 5.74) is 9.74. The van der Waals surface area contributed by atoms with Crippen LogP contribution >= 0.6 is 15.9 Å². The lowest BCUT2D eigenvalue weighted by Gasteiger charge is -2.17. The first-order valence-electron chi connectivity index (χ1n) is 6.86. The van der Waals surface area contributed by atoms with Crippen LogP contribution in [0.4, 0.5) is 0 Å². The van der Waals surface area contributed by atoms with Gasteiger partial charge in [0.05, 0.1) is 20.3 Å².